The van der Waals surface area contributed by atoms with E-state index in [2.05, 4.69) is 15.7 Å². The van der Waals surface area contributed by atoms with E-state index in [9.17, 15) is 14.4 Å². The third kappa shape index (κ3) is 4.97. The Kier molecular flexibility index (Phi) is 6.86. The fraction of sp³-hybridized carbons (Fsp3) is 0.269. The minimum Gasteiger partial charge on any atom is -0.466 e. The van der Waals surface area contributed by atoms with Gasteiger partial charge in [0.1, 0.15) is 11.5 Å². The molecule has 3 heterocycles. The molecule has 0 aliphatic carbocycles. The molecule has 2 amide bonds. The average Bonchev–Trinajstić information content (AvgIpc) is 3.44. The number of carbonyl (C=O) groups excluding carboxylic acids is 3. The molecule has 186 valence electrons. The number of furan rings is 1. The lowest BCUT2D eigenvalue weighted by Gasteiger charge is -2.11. The summed E-state index contributed by atoms with van der Waals surface area (Å²) in [6.45, 7) is 7.12. The summed E-state index contributed by atoms with van der Waals surface area (Å²) >= 11 is 0. The number of ether oxygens (including phenoxy) is 1. The molecule has 0 unspecified atom stereocenters. The van der Waals surface area contributed by atoms with E-state index in [1.165, 1.54) is 7.05 Å². The molecule has 0 saturated carbocycles. The standard InChI is InChI=1S/C26H27N5O5/c1-14(2)31-24-21(12-28-31)20(11-22(30-24)19-10-15(3)36-16(19)4)26(34)35-13-23(32)29-18-8-6-17(7-9-18)25(33)27-5/h6-12,14H,13H2,1-5H3,(H,27,33)(H,29,32). The number of pyridine rings is 1. The molecule has 10 heteroatoms. The van der Waals surface area contributed by atoms with Crippen molar-refractivity contribution in [3.05, 3.63) is 65.2 Å². The normalized spacial score (nSPS) is 11.1. The predicted molar refractivity (Wildman–Crippen MR) is 134 cm³/mol. The van der Waals surface area contributed by atoms with E-state index in [-0.39, 0.29) is 17.5 Å². The van der Waals surface area contributed by atoms with E-state index in [4.69, 9.17) is 14.1 Å². The molecule has 4 aromatic rings. The van der Waals surface area contributed by atoms with Gasteiger partial charge in [-0.3, -0.25) is 9.59 Å². The number of fused-ring (bicyclic) bond motifs is 1. The Bertz CT molecular complexity index is 1450. The highest BCUT2D eigenvalue weighted by molar-refractivity contribution is 6.05. The summed E-state index contributed by atoms with van der Waals surface area (Å²) in [5.41, 5.74) is 3.03. The van der Waals surface area contributed by atoms with Crippen LogP contribution in [0.15, 0.2) is 47.0 Å². The second kappa shape index (κ2) is 10.0. The Hall–Kier alpha value is -4.47. The van der Waals surface area contributed by atoms with Crippen molar-refractivity contribution in [3.63, 3.8) is 0 Å². The Morgan fingerprint density at radius 2 is 1.83 bits per heavy atom. The summed E-state index contributed by atoms with van der Waals surface area (Å²) in [7, 11) is 1.54. The van der Waals surface area contributed by atoms with Crippen LogP contribution in [0, 0.1) is 13.8 Å². The zero-order valence-corrected chi connectivity index (χ0v) is 20.7. The van der Waals surface area contributed by atoms with Crippen molar-refractivity contribution in [1.29, 1.82) is 0 Å². The van der Waals surface area contributed by atoms with Crippen molar-refractivity contribution < 1.29 is 23.5 Å². The summed E-state index contributed by atoms with van der Waals surface area (Å²) in [5.74, 6) is -0.0101. The predicted octanol–water partition coefficient (Wildman–Crippen LogP) is 4.04. The van der Waals surface area contributed by atoms with E-state index in [1.807, 2.05) is 33.8 Å². The fourth-order valence-corrected chi connectivity index (χ4v) is 3.84. The summed E-state index contributed by atoms with van der Waals surface area (Å²) in [4.78, 5) is 41.9. The first-order valence-corrected chi connectivity index (χ1v) is 11.4. The largest absolute Gasteiger partial charge is 0.466 e. The van der Waals surface area contributed by atoms with Gasteiger partial charge in [0.05, 0.1) is 22.8 Å². The van der Waals surface area contributed by atoms with Crippen molar-refractivity contribution in [2.45, 2.75) is 33.7 Å². The van der Waals surface area contributed by atoms with Crippen LogP contribution < -0.4 is 10.6 Å². The number of rotatable bonds is 7. The van der Waals surface area contributed by atoms with Gasteiger partial charge in [0, 0.05) is 29.9 Å². The quantitative estimate of drug-likeness (QED) is 0.375. The minimum atomic E-state index is -0.671. The van der Waals surface area contributed by atoms with Crippen molar-refractivity contribution in [2.75, 3.05) is 19.0 Å². The van der Waals surface area contributed by atoms with Crippen LogP contribution in [0.3, 0.4) is 0 Å². The molecule has 4 rings (SSSR count). The zero-order valence-electron chi connectivity index (χ0n) is 20.7. The topological polar surface area (TPSA) is 128 Å². The molecule has 0 spiro atoms. The van der Waals surface area contributed by atoms with Gasteiger partial charge in [-0.05, 0) is 64.1 Å². The van der Waals surface area contributed by atoms with E-state index in [1.54, 1.807) is 41.2 Å². The molecule has 1 aromatic carbocycles. The van der Waals surface area contributed by atoms with Gasteiger partial charge < -0.3 is 19.8 Å². The third-order valence-electron chi connectivity index (χ3n) is 5.58. The van der Waals surface area contributed by atoms with Crippen LogP contribution in [-0.4, -0.2) is 46.2 Å². The first-order valence-electron chi connectivity index (χ1n) is 11.4. The van der Waals surface area contributed by atoms with Gasteiger partial charge in [-0.2, -0.15) is 5.10 Å². The van der Waals surface area contributed by atoms with E-state index in [0.717, 1.165) is 11.3 Å². The smallest absolute Gasteiger partial charge is 0.339 e. The van der Waals surface area contributed by atoms with Crippen LogP contribution in [0.4, 0.5) is 5.69 Å². The number of aryl methyl sites for hydroxylation is 2. The number of nitrogens with one attached hydrogen (secondary N) is 2. The Balaban J connectivity index is 1.55. The van der Waals surface area contributed by atoms with Crippen LogP contribution in [-0.2, 0) is 9.53 Å². The molecule has 0 bridgehead atoms. The molecule has 2 N–H and O–H groups in total. The minimum absolute atomic E-state index is 0.0156. The molecule has 0 fully saturated rings. The van der Waals surface area contributed by atoms with E-state index < -0.39 is 18.5 Å². The summed E-state index contributed by atoms with van der Waals surface area (Å²) in [6, 6.07) is 9.86. The molecular weight excluding hydrogens is 462 g/mol. The summed E-state index contributed by atoms with van der Waals surface area (Å²) in [5, 5.41) is 10.1. The zero-order chi connectivity index (χ0) is 26.0. The number of amides is 2. The SMILES string of the molecule is CNC(=O)c1ccc(NC(=O)COC(=O)c2cc(-c3cc(C)oc3C)nc3c2cnn3C(C)C)cc1. The summed E-state index contributed by atoms with van der Waals surface area (Å²) in [6.07, 6.45) is 1.57. The summed E-state index contributed by atoms with van der Waals surface area (Å²) < 4.78 is 12.7. The van der Waals surface area contributed by atoms with Crippen molar-refractivity contribution >= 4 is 34.5 Å². The molecular formula is C26H27N5O5. The van der Waals surface area contributed by atoms with Crippen LogP contribution >= 0.6 is 0 Å². The first-order chi connectivity index (χ1) is 17.2. The highest BCUT2D eigenvalue weighted by atomic mass is 16.5. The molecule has 0 aliphatic rings. The van der Waals surface area contributed by atoms with Crippen LogP contribution in [0.1, 0.15) is 52.1 Å². The van der Waals surface area contributed by atoms with Gasteiger partial charge in [0.15, 0.2) is 12.3 Å². The van der Waals surface area contributed by atoms with Crippen molar-refractivity contribution in [3.8, 4) is 11.3 Å². The molecule has 0 aliphatic heterocycles. The number of aromatic nitrogens is 3. The van der Waals surface area contributed by atoms with Gasteiger partial charge in [0.25, 0.3) is 11.8 Å². The van der Waals surface area contributed by atoms with E-state index >= 15 is 0 Å². The number of anilines is 1. The lowest BCUT2D eigenvalue weighted by Crippen LogP contribution is -2.21. The number of benzene rings is 1. The second-order valence-corrected chi connectivity index (χ2v) is 8.58. The number of hydrogen-bond donors (Lipinski definition) is 2. The van der Waals surface area contributed by atoms with Crippen LogP contribution in [0.5, 0.6) is 0 Å². The Morgan fingerprint density at radius 1 is 1.11 bits per heavy atom. The van der Waals surface area contributed by atoms with Crippen molar-refractivity contribution in [2.24, 2.45) is 0 Å². The Morgan fingerprint density at radius 3 is 2.44 bits per heavy atom. The van der Waals surface area contributed by atoms with Crippen molar-refractivity contribution in [1.82, 2.24) is 20.1 Å². The highest BCUT2D eigenvalue weighted by Gasteiger charge is 2.22. The molecule has 0 atom stereocenters. The molecule has 0 radical (unpaired) electrons. The maximum atomic E-state index is 13.1. The Labute approximate surface area is 207 Å². The lowest BCUT2D eigenvalue weighted by atomic mass is 10.1. The monoisotopic (exact) mass is 489 g/mol. The number of carbonyl (C=O) groups is 3. The average molecular weight is 490 g/mol. The number of hydrogen-bond acceptors (Lipinski definition) is 7. The molecule has 10 nitrogen and oxygen atoms in total. The maximum absolute atomic E-state index is 13.1. The van der Waals surface area contributed by atoms with Crippen LogP contribution in [0.25, 0.3) is 22.3 Å². The third-order valence-corrected chi connectivity index (χ3v) is 5.58. The van der Waals surface area contributed by atoms with Gasteiger partial charge in [-0.15, -0.1) is 0 Å². The molecule has 3 aromatic heterocycles. The fourth-order valence-electron chi connectivity index (χ4n) is 3.84. The van der Waals surface area contributed by atoms with Gasteiger partial charge >= 0.3 is 5.97 Å². The number of nitrogens with zero attached hydrogens (tertiary/aromatic N) is 3. The van der Waals surface area contributed by atoms with Gasteiger partial charge in [-0.25, -0.2) is 14.5 Å². The first kappa shape index (κ1) is 24.6. The highest BCUT2D eigenvalue weighted by Crippen LogP contribution is 2.30. The molecule has 36 heavy (non-hydrogen) atoms. The van der Waals surface area contributed by atoms with E-state index in [0.29, 0.717) is 33.7 Å². The second-order valence-electron chi connectivity index (χ2n) is 8.58. The lowest BCUT2D eigenvalue weighted by molar-refractivity contribution is -0.119. The van der Waals surface area contributed by atoms with Gasteiger partial charge in [0.2, 0.25) is 0 Å². The van der Waals surface area contributed by atoms with Gasteiger partial charge in [-0.1, -0.05) is 0 Å². The van der Waals surface area contributed by atoms with Crippen LogP contribution in [0.2, 0.25) is 0 Å². The molecule has 0 saturated heterocycles. The number of esters is 1. The maximum Gasteiger partial charge on any atom is 0.339 e.